The van der Waals surface area contributed by atoms with E-state index in [0.29, 0.717) is 29.3 Å². The molecule has 6 nitrogen and oxygen atoms in total. The second-order valence-corrected chi connectivity index (χ2v) is 7.61. The molecule has 0 radical (unpaired) electrons. The molecule has 2 heterocycles. The van der Waals surface area contributed by atoms with E-state index in [2.05, 4.69) is 15.5 Å². The molecule has 3 unspecified atom stereocenters. The highest BCUT2D eigenvalue weighted by Crippen LogP contribution is 2.44. The molecule has 2 aliphatic rings. The quantitative estimate of drug-likeness (QED) is 0.814. The molecule has 3 atom stereocenters. The Labute approximate surface area is 145 Å². The van der Waals surface area contributed by atoms with Gasteiger partial charge in [0.25, 0.3) is 0 Å². The molecule has 2 aromatic heterocycles. The highest BCUT2D eigenvalue weighted by Gasteiger charge is 2.40. The summed E-state index contributed by atoms with van der Waals surface area (Å²) in [5, 5.41) is 12.4. The van der Waals surface area contributed by atoms with E-state index in [1.54, 1.807) is 6.26 Å². The van der Waals surface area contributed by atoms with E-state index in [4.69, 9.17) is 4.42 Å². The number of carbonyl (C=O) groups is 1. The van der Waals surface area contributed by atoms with Gasteiger partial charge >= 0.3 is 0 Å². The number of amides is 1. The van der Waals surface area contributed by atoms with Crippen LogP contribution in [0, 0.1) is 11.8 Å². The summed E-state index contributed by atoms with van der Waals surface area (Å²) < 4.78 is 7.39. The zero-order chi connectivity index (χ0) is 16.5. The minimum absolute atomic E-state index is 0.0998. The van der Waals surface area contributed by atoms with Crippen molar-refractivity contribution in [1.82, 2.24) is 20.1 Å². The van der Waals surface area contributed by atoms with Crippen molar-refractivity contribution >= 4 is 17.7 Å². The second kappa shape index (κ2) is 6.63. The number of furan rings is 1. The Morgan fingerprint density at radius 1 is 1.42 bits per heavy atom. The zero-order valence-electron chi connectivity index (χ0n) is 13.8. The van der Waals surface area contributed by atoms with Crippen molar-refractivity contribution in [3.63, 3.8) is 0 Å². The van der Waals surface area contributed by atoms with Gasteiger partial charge in [-0.25, -0.2) is 0 Å². The summed E-state index contributed by atoms with van der Waals surface area (Å²) in [6.07, 6.45) is 6.71. The van der Waals surface area contributed by atoms with Gasteiger partial charge in [-0.15, -0.1) is 10.2 Å². The summed E-state index contributed by atoms with van der Waals surface area (Å²) in [6, 6.07) is 4.09. The standard InChI is InChI=1S/C17H22N4O2S/c1-2-21-16(14-4-3-7-23-14)19-20-17(21)24-10-15(22)18-13-9-11-5-6-12(13)8-11/h3-4,7,11-13H,2,5-6,8-10H2,1H3,(H,18,22). The van der Waals surface area contributed by atoms with Crippen molar-refractivity contribution in [2.75, 3.05) is 5.75 Å². The number of fused-ring (bicyclic) bond motifs is 2. The fourth-order valence-corrected chi connectivity index (χ4v) is 4.88. The highest BCUT2D eigenvalue weighted by atomic mass is 32.2. The molecule has 2 bridgehead atoms. The molecular formula is C17H22N4O2S. The molecule has 2 aliphatic carbocycles. The van der Waals surface area contributed by atoms with Crippen molar-refractivity contribution in [2.24, 2.45) is 11.8 Å². The lowest BCUT2D eigenvalue weighted by molar-refractivity contribution is -0.119. The van der Waals surface area contributed by atoms with Crippen molar-refractivity contribution in [1.29, 1.82) is 0 Å². The van der Waals surface area contributed by atoms with Gasteiger partial charge in [-0.3, -0.25) is 9.36 Å². The lowest BCUT2D eigenvalue weighted by Crippen LogP contribution is -2.39. The van der Waals surface area contributed by atoms with Gasteiger partial charge in [0.2, 0.25) is 5.91 Å². The fraction of sp³-hybridized carbons (Fsp3) is 0.588. The van der Waals surface area contributed by atoms with E-state index >= 15 is 0 Å². The normalized spacial score (nSPS) is 25.3. The highest BCUT2D eigenvalue weighted by molar-refractivity contribution is 7.99. The van der Waals surface area contributed by atoms with Crippen LogP contribution in [0.4, 0.5) is 0 Å². The number of rotatable bonds is 6. The summed E-state index contributed by atoms with van der Waals surface area (Å²) in [7, 11) is 0. The predicted octanol–water partition coefficient (Wildman–Crippen LogP) is 2.95. The van der Waals surface area contributed by atoms with Crippen LogP contribution in [0.2, 0.25) is 0 Å². The lowest BCUT2D eigenvalue weighted by atomic mass is 9.95. The van der Waals surface area contributed by atoms with Crippen molar-refractivity contribution < 1.29 is 9.21 Å². The first kappa shape index (κ1) is 15.7. The van der Waals surface area contributed by atoms with Crippen LogP contribution in [0.15, 0.2) is 28.0 Å². The van der Waals surface area contributed by atoms with Crippen molar-refractivity contribution in [3.05, 3.63) is 18.4 Å². The Morgan fingerprint density at radius 3 is 3.00 bits per heavy atom. The third kappa shape index (κ3) is 2.97. The number of thioether (sulfide) groups is 1. The molecule has 0 aromatic carbocycles. The third-order valence-corrected chi connectivity index (χ3v) is 6.16. The van der Waals surface area contributed by atoms with E-state index in [0.717, 1.165) is 24.0 Å². The van der Waals surface area contributed by atoms with Gasteiger partial charge in [0.05, 0.1) is 12.0 Å². The summed E-state index contributed by atoms with van der Waals surface area (Å²) in [4.78, 5) is 12.3. The van der Waals surface area contributed by atoms with Gasteiger partial charge in [-0.2, -0.15) is 0 Å². The molecule has 1 amide bonds. The number of aromatic nitrogens is 3. The Kier molecular flexibility index (Phi) is 4.35. The first-order chi connectivity index (χ1) is 11.7. The maximum Gasteiger partial charge on any atom is 0.230 e. The van der Waals surface area contributed by atoms with Crippen LogP contribution < -0.4 is 5.32 Å². The van der Waals surface area contributed by atoms with Gasteiger partial charge in [0.15, 0.2) is 16.7 Å². The minimum atomic E-state index is 0.0998. The SMILES string of the molecule is CCn1c(SCC(=O)NC2CC3CCC2C3)nnc1-c1ccco1. The van der Waals surface area contributed by atoms with Crippen molar-refractivity contribution in [3.8, 4) is 11.6 Å². The average molecular weight is 346 g/mol. The number of hydrogen-bond acceptors (Lipinski definition) is 5. The molecule has 2 aromatic rings. The molecule has 128 valence electrons. The van der Waals surface area contributed by atoms with Crippen LogP contribution in [-0.2, 0) is 11.3 Å². The van der Waals surface area contributed by atoms with Crippen molar-refractivity contribution in [2.45, 2.75) is 50.4 Å². The Bertz CT molecular complexity index is 712. The largest absolute Gasteiger partial charge is 0.461 e. The molecular weight excluding hydrogens is 324 g/mol. The van der Waals surface area contributed by atoms with Crippen LogP contribution in [0.25, 0.3) is 11.6 Å². The second-order valence-electron chi connectivity index (χ2n) is 6.67. The summed E-state index contributed by atoms with van der Waals surface area (Å²) in [6.45, 7) is 2.77. The summed E-state index contributed by atoms with van der Waals surface area (Å²) in [5.74, 6) is 3.43. The molecule has 4 rings (SSSR count). The van der Waals surface area contributed by atoms with Crippen LogP contribution in [0.3, 0.4) is 0 Å². The van der Waals surface area contributed by atoms with E-state index in [9.17, 15) is 4.79 Å². The summed E-state index contributed by atoms with van der Waals surface area (Å²) >= 11 is 1.44. The first-order valence-corrected chi connectivity index (χ1v) is 9.62. The lowest BCUT2D eigenvalue weighted by Gasteiger charge is -2.22. The molecule has 0 aliphatic heterocycles. The predicted molar refractivity (Wildman–Crippen MR) is 91.5 cm³/mol. The zero-order valence-corrected chi connectivity index (χ0v) is 14.6. The Hall–Kier alpha value is -1.76. The van der Waals surface area contributed by atoms with Gasteiger partial charge in [-0.05, 0) is 50.2 Å². The van der Waals surface area contributed by atoms with Crippen LogP contribution in [0.1, 0.15) is 32.6 Å². The van der Waals surface area contributed by atoms with E-state index in [1.807, 2.05) is 23.6 Å². The van der Waals surface area contributed by atoms with E-state index < -0.39 is 0 Å². The molecule has 2 saturated carbocycles. The maximum absolute atomic E-state index is 12.3. The molecule has 1 N–H and O–H groups in total. The Morgan fingerprint density at radius 2 is 2.33 bits per heavy atom. The van der Waals surface area contributed by atoms with E-state index in [1.165, 1.54) is 31.0 Å². The smallest absolute Gasteiger partial charge is 0.230 e. The number of nitrogens with one attached hydrogen (secondary N) is 1. The molecule has 0 spiro atoms. The van der Waals surface area contributed by atoms with Gasteiger partial charge in [-0.1, -0.05) is 18.2 Å². The number of hydrogen-bond donors (Lipinski definition) is 1. The number of nitrogens with zero attached hydrogens (tertiary/aromatic N) is 3. The fourth-order valence-electron chi connectivity index (χ4n) is 4.07. The maximum atomic E-state index is 12.3. The molecule has 2 fully saturated rings. The molecule has 24 heavy (non-hydrogen) atoms. The average Bonchev–Trinajstić information content (AvgIpc) is 3.34. The van der Waals surface area contributed by atoms with Crippen LogP contribution >= 0.6 is 11.8 Å². The van der Waals surface area contributed by atoms with Crippen LogP contribution in [-0.4, -0.2) is 32.5 Å². The minimum Gasteiger partial charge on any atom is -0.461 e. The van der Waals surface area contributed by atoms with Gasteiger partial charge in [0, 0.05) is 12.6 Å². The summed E-state index contributed by atoms with van der Waals surface area (Å²) in [5.41, 5.74) is 0. The first-order valence-electron chi connectivity index (χ1n) is 8.63. The monoisotopic (exact) mass is 346 g/mol. The number of carbonyl (C=O) groups excluding carboxylic acids is 1. The topological polar surface area (TPSA) is 73.0 Å². The molecule has 7 heteroatoms. The third-order valence-electron chi connectivity index (χ3n) is 5.19. The Balaban J connectivity index is 1.36. The van der Waals surface area contributed by atoms with Crippen LogP contribution in [0.5, 0.6) is 0 Å². The van der Waals surface area contributed by atoms with Gasteiger partial charge in [0.1, 0.15) is 0 Å². The van der Waals surface area contributed by atoms with Gasteiger partial charge < -0.3 is 9.73 Å². The molecule has 0 saturated heterocycles. The van der Waals surface area contributed by atoms with E-state index in [-0.39, 0.29) is 5.91 Å².